The van der Waals surface area contributed by atoms with Crippen LogP contribution in [0.25, 0.3) is 0 Å². The Labute approximate surface area is 193 Å². The third-order valence-electron chi connectivity index (χ3n) is 6.29. The van der Waals surface area contributed by atoms with E-state index >= 15 is 0 Å². The number of fused-ring (bicyclic) bond motifs is 1. The van der Waals surface area contributed by atoms with Crippen LogP contribution in [0.1, 0.15) is 41.9 Å². The van der Waals surface area contributed by atoms with Gasteiger partial charge < -0.3 is 25.4 Å². The van der Waals surface area contributed by atoms with Crippen LogP contribution in [-0.4, -0.2) is 40.5 Å². The van der Waals surface area contributed by atoms with E-state index < -0.39 is 11.6 Å². The van der Waals surface area contributed by atoms with Crippen LogP contribution >= 0.6 is 0 Å². The van der Waals surface area contributed by atoms with Crippen LogP contribution in [0.15, 0.2) is 78.9 Å². The van der Waals surface area contributed by atoms with E-state index in [1.165, 1.54) is 6.07 Å². The van der Waals surface area contributed by atoms with E-state index in [1.807, 2.05) is 60.7 Å². The number of phenolic OH excluding ortho intramolecular Hbond substituents is 1. The van der Waals surface area contributed by atoms with Crippen LogP contribution in [0.2, 0.25) is 0 Å². The maximum Gasteiger partial charge on any atom is 0.304 e. The first-order valence-electron chi connectivity index (χ1n) is 11.2. The normalized spacial score (nSPS) is 19.2. The number of hydrogen-bond donors (Lipinski definition) is 4. The molecule has 6 heteroatoms. The highest BCUT2D eigenvalue weighted by atomic mass is 16.5. The van der Waals surface area contributed by atoms with Gasteiger partial charge in [-0.05, 0) is 36.6 Å². The largest absolute Gasteiger partial charge is 0.508 e. The van der Waals surface area contributed by atoms with E-state index in [2.05, 4.69) is 5.32 Å². The Morgan fingerprint density at radius 3 is 2.18 bits per heavy atom. The SMILES string of the molecule is O=C(O)C[C@@H]1COc2cc(O)ccc21.OC(c1ccccc1)(c1ccccc1)[C@H]1CCCN1. The second-order valence-corrected chi connectivity index (χ2v) is 8.48. The van der Waals surface area contributed by atoms with E-state index in [9.17, 15) is 9.90 Å². The highest BCUT2D eigenvalue weighted by Crippen LogP contribution is 2.38. The number of hydrogen-bond acceptors (Lipinski definition) is 5. The molecule has 0 amide bonds. The lowest BCUT2D eigenvalue weighted by Crippen LogP contribution is -2.46. The minimum Gasteiger partial charge on any atom is -0.508 e. The maximum atomic E-state index is 11.4. The van der Waals surface area contributed by atoms with E-state index in [-0.39, 0.29) is 24.1 Å². The molecule has 0 radical (unpaired) electrons. The summed E-state index contributed by atoms with van der Waals surface area (Å²) < 4.78 is 5.27. The molecule has 0 bridgehead atoms. The minimum atomic E-state index is -0.945. The number of carboxylic acid groups (broad SMARTS) is 1. The lowest BCUT2D eigenvalue weighted by molar-refractivity contribution is -0.137. The van der Waals surface area contributed by atoms with Crippen molar-refractivity contribution in [3.63, 3.8) is 0 Å². The highest BCUT2D eigenvalue weighted by molar-refractivity contribution is 5.68. The van der Waals surface area contributed by atoms with Gasteiger partial charge in [0.15, 0.2) is 0 Å². The number of carbonyl (C=O) groups is 1. The Hall–Kier alpha value is -3.35. The molecule has 2 aliphatic rings. The fourth-order valence-electron chi connectivity index (χ4n) is 4.64. The van der Waals surface area contributed by atoms with Crippen molar-refractivity contribution in [1.82, 2.24) is 5.32 Å². The first kappa shape index (κ1) is 22.8. The molecule has 1 fully saturated rings. The van der Waals surface area contributed by atoms with E-state index in [1.54, 1.807) is 12.1 Å². The topological polar surface area (TPSA) is 99.0 Å². The van der Waals surface area contributed by atoms with Gasteiger partial charge in [0.05, 0.1) is 13.0 Å². The van der Waals surface area contributed by atoms with Crippen molar-refractivity contribution >= 4 is 5.97 Å². The summed E-state index contributed by atoms with van der Waals surface area (Å²) in [5, 5.41) is 32.7. The van der Waals surface area contributed by atoms with Gasteiger partial charge in [0.2, 0.25) is 0 Å². The summed E-state index contributed by atoms with van der Waals surface area (Å²) in [5.74, 6) is -0.196. The molecule has 0 saturated carbocycles. The number of aromatic hydroxyl groups is 1. The second-order valence-electron chi connectivity index (χ2n) is 8.48. The van der Waals surface area contributed by atoms with Gasteiger partial charge in [-0.25, -0.2) is 0 Å². The van der Waals surface area contributed by atoms with E-state index in [0.29, 0.717) is 12.4 Å². The first-order chi connectivity index (χ1) is 16.0. The minimum absolute atomic E-state index is 0.0672. The number of aliphatic carboxylic acids is 1. The number of ether oxygens (including phenoxy) is 1. The van der Waals surface area contributed by atoms with Crippen LogP contribution in [-0.2, 0) is 10.4 Å². The van der Waals surface area contributed by atoms with Crippen molar-refractivity contribution in [2.75, 3.05) is 13.2 Å². The molecule has 2 atom stereocenters. The van der Waals surface area contributed by atoms with Crippen molar-refractivity contribution < 1.29 is 24.9 Å². The third-order valence-corrected chi connectivity index (χ3v) is 6.29. The molecule has 0 aromatic heterocycles. The summed E-state index contributed by atoms with van der Waals surface area (Å²) in [5.41, 5.74) is 1.84. The fourth-order valence-corrected chi connectivity index (χ4v) is 4.64. The van der Waals surface area contributed by atoms with Gasteiger partial charge in [-0.1, -0.05) is 66.7 Å². The third kappa shape index (κ3) is 5.02. The summed E-state index contributed by atoms with van der Waals surface area (Å²) in [4.78, 5) is 10.5. The molecule has 3 aromatic carbocycles. The van der Waals surface area contributed by atoms with Crippen molar-refractivity contribution in [2.45, 2.75) is 36.8 Å². The highest BCUT2D eigenvalue weighted by Gasteiger charge is 2.41. The molecule has 2 aliphatic heterocycles. The predicted molar refractivity (Wildman–Crippen MR) is 126 cm³/mol. The zero-order valence-corrected chi connectivity index (χ0v) is 18.4. The predicted octanol–water partition coefficient (Wildman–Crippen LogP) is 4.02. The first-order valence-corrected chi connectivity index (χ1v) is 11.2. The smallest absolute Gasteiger partial charge is 0.304 e. The van der Waals surface area contributed by atoms with Crippen molar-refractivity contribution in [3.8, 4) is 11.5 Å². The summed E-state index contributed by atoms with van der Waals surface area (Å²) in [6.45, 7) is 1.36. The van der Waals surface area contributed by atoms with Gasteiger partial charge in [0.25, 0.3) is 0 Å². The molecule has 4 N–H and O–H groups in total. The Bertz CT molecular complexity index is 1020. The van der Waals surface area contributed by atoms with Crippen LogP contribution < -0.4 is 10.1 Å². The molecule has 2 heterocycles. The molecular weight excluding hydrogens is 418 g/mol. The van der Waals surface area contributed by atoms with Crippen molar-refractivity contribution in [2.24, 2.45) is 0 Å². The standard InChI is InChI=1S/C17H19NO.C10H10O4/c19-17(16-12-7-13-18-16,14-8-3-1-4-9-14)15-10-5-2-6-11-15;11-7-1-2-8-6(3-10(12)13)5-14-9(8)4-7/h1-6,8-11,16,18-19H,7,12-13H2;1-2,4,6,11H,3,5H2,(H,12,13)/t16-;6-/m11/s1. The average Bonchev–Trinajstić information content (AvgIpc) is 3.51. The summed E-state index contributed by atoms with van der Waals surface area (Å²) >= 11 is 0. The molecule has 0 unspecified atom stereocenters. The van der Waals surface area contributed by atoms with Gasteiger partial charge in [0.1, 0.15) is 17.1 Å². The lowest BCUT2D eigenvalue weighted by Gasteiger charge is -2.35. The van der Waals surface area contributed by atoms with Crippen LogP contribution in [0, 0.1) is 0 Å². The summed E-state index contributed by atoms with van der Waals surface area (Å²) in [7, 11) is 0. The molecule has 1 saturated heterocycles. The second kappa shape index (κ2) is 10.1. The molecule has 33 heavy (non-hydrogen) atoms. The van der Waals surface area contributed by atoms with Crippen LogP contribution in [0.3, 0.4) is 0 Å². The number of aliphatic hydroxyl groups is 1. The van der Waals surface area contributed by atoms with Gasteiger partial charge in [-0.3, -0.25) is 4.79 Å². The summed E-state index contributed by atoms with van der Waals surface area (Å²) in [6, 6.07) is 24.8. The van der Waals surface area contributed by atoms with Gasteiger partial charge in [0, 0.05) is 23.6 Å². The average molecular weight is 448 g/mol. The van der Waals surface area contributed by atoms with Crippen molar-refractivity contribution in [3.05, 3.63) is 95.6 Å². The molecular formula is C27H29NO5. The zero-order valence-electron chi connectivity index (χ0n) is 18.4. The Morgan fingerprint density at radius 2 is 1.64 bits per heavy atom. The zero-order chi connectivity index (χ0) is 23.3. The van der Waals surface area contributed by atoms with E-state index in [0.717, 1.165) is 36.1 Å². The number of phenols is 1. The van der Waals surface area contributed by atoms with Gasteiger partial charge in [-0.2, -0.15) is 0 Å². The number of carboxylic acids is 1. The lowest BCUT2D eigenvalue weighted by atomic mass is 9.79. The molecule has 0 aliphatic carbocycles. The Morgan fingerprint density at radius 1 is 1.00 bits per heavy atom. The number of nitrogens with one attached hydrogen (secondary N) is 1. The summed E-state index contributed by atoms with van der Waals surface area (Å²) in [6.07, 6.45) is 2.19. The number of rotatable bonds is 5. The van der Waals surface area contributed by atoms with Crippen LogP contribution in [0.5, 0.6) is 11.5 Å². The monoisotopic (exact) mass is 447 g/mol. The Kier molecular flexibility index (Phi) is 6.96. The molecule has 172 valence electrons. The fraction of sp³-hybridized carbons (Fsp3) is 0.296. The van der Waals surface area contributed by atoms with E-state index in [4.69, 9.17) is 14.9 Å². The van der Waals surface area contributed by atoms with Gasteiger partial charge in [-0.15, -0.1) is 0 Å². The Balaban J connectivity index is 0.000000165. The van der Waals surface area contributed by atoms with Crippen molar-refractivity contribution in [1.29, 1.82) is 0 Å². The van der Waals surface area contributed by atoms with Crippen LogP contribution in [0.4, 0.5) is 0 Å². The van der Waals surface area contributed by atoms with Gasteiger partial charge >= 0.3 is 5.97 Å². The molecule has 0 spiro atoms. The maximum absolute atomic E-state index is 11.4. The molecule has 6 nitrogen and oxygen atoms in total. The molecule has 5 rings (SSSR count). The quantitative estimate of drug-likeness (QED) is 0.472. The number of benzene rings is 3. The molecule has 3 aromatic rings.